The SMILES string of the molecule is O.O.O=C(Nc1ccc2c(c1)CCN(Cc1ncn[nH]1)C2)c1ccccc1-c1ccc(C(F)(F)F)cc1. The van der Waals surface area contributed by atoms with Crippen LogP contribution in [-0.2, 0) is 25.7 Å². The lowest BCUT2D eigenvalue weighted by Gasteiger charge is -2.28. The van der Waals surface area contributed by atoms with Crippen molar-refractivity contribution in [2.75, 3.05) is 11.9 Å². The fourth-order valence-electron chi connectivity index (χ4n) is 4.31. The molecule has 8 nitrogen and oxygen atoms in total. The van der Waals surface area contributed by atoms with Crippen LogP contribution in [-0.4, -0.2) is 43.5 Å². The highest BCUT2D eigenvalue weighted by Gasteiger charge is 2.30. The number of anilines is 1. The number of carbonyl (C=O) groups is 1. The van der Waals surface area contributed by atoms with Gasteiger partial charge in [0.15, 0.2) is 0 Å². The normalized spacial score (nSPS) is 13.2. The molecule has 0 spiro atoms. The van der Waals surface area contributed by atoms with Crippen molar-refractivity contribution in [1.82, 2.24) is 20.1 Å². The van der Waals surface area contributed by atoms with E-state index in [-0.39, 0.29) is 16.9 Å². The molecule has 0 saturated carbocycles. The van der Waals surface area contributed by atoms with Gasteiger partial charge >= 0.3 is 6.18 Å². The molecule has 1 aromatic heterocycles. The van der Waals surface area contributed by atoms with Crippen LogP contribution in [0, 0.1) is 0 Å². The molecule has 1 aliphatic rings. The van der Waals surface area contributed by atoms with Crippen LogP contribution in [0.4, 0.5) is 18.9 Å². The van der Waals surface area contributed by atoms with E-state index in [4.69, 9.17) is 0 Å². The van der Waals surface area contributed by atoms with Crippen LogP contribution in [0.5, 0.6) is 0 Å². The van der Waals surface area contributed by atoms with E-state index in [1.165, 1.54) is 29.6 Å². The summed E-state index contributed by atoms with van der Waals surface area (Å²) in [5, 5.41) is 9.71. The van der Waals surface area contributed by atoms with Crippen LogP contribution in [0.25, 0.3) is 11.1 Å². The number of hydrogen-bond donors (Lipinski definition) is 2. The molecule has 37 heavy (non-hydrogen) atoms. The Morgan fingerprint density at radius 2 is 1.76 bits per heavy atom. The molecule has 1 amide bonds. The average Bonchev–Trinajstić information content (AvgIpc) is 3.37. The number of rotatable bonds is 5. The maximum absolute atomic E-state index is 13.1. The minimum atomic E-state index is -4.41. The summed E-state index contributed by atoms with van der Waals surface area (Å²) in [6.07, 6.45) is -2.07. The van der Waals surface area contributed by atoms with Crippen LogP contribution >= 0.6 is 0 Å². The topological polar surface area (TPSA) is 137 Å². The number of nitrogens with one attached hydrogen (secondary N) is 2. The first-order chi connectivity index (χ1) is 16.9. The monoisotopic (exact) mass is 513 g/mol. The predicted octanol–water partition coefficient (Wildman–Crippen LogP) is 3.65. The van der Waals surface area contributed by atoms with Crippen molar-refractivity contribution in [2.24, 2.45) is 0 Å². The highest BCUT2D eigenvalue weighted by molar-refractivity contribution is 6.08. The number of aromatic amines is 1. The van der Waals surface area contributed by atoms with Gasteiger partial charge < -0.3 is 16.3 Å². The Labute approximate surface area is 210 Å². The van der Waals surface area contributed by atoms with Gasteiger partial charge in [-0.3, -0.25) is 14.8 Å². The van der Waals surface area contributed by atoms with Gasteiger partial charge in [0.1, 0.15) is 12.2 Å². The second-order valence-corrected chi connectivity index (χ2v) is 8.45. The number of H-pyrrole nitrogens is 1. The average molecular weight is 514 g/mol. The summed E-state index contributed by atoms with van der Waals surface area (Å²) in [6, 6.07) is 17.6. The van der Waals surface area contributed by atoms with E-state index < -0.39 is 11.7 Å². The molecule has 0 radical (unpaired) electrons. The van der Waals surface area contributed by atoms with E-state index in [1.54, 1.807) is 24.3 Å². The zero-order chi connectivity index (χ0) is 24.4. The van der Waals surface area contributed by atoms with Crippen LogP contribution in [0.2, 0.25) is 0 Å². The largest absolute Gasteiger partial charge is 0.416 e. The Balaban J connectivity index is 0.00000190. The smallest absolute Gasteiger partial charge is 0.412 e. The molecule has 11 heteroatoms. The van der Waals surface area contributed by atoms with Crippen LogP contribution in [0.1, 0.15) is 32.9 Å². The Hall–Kier alpha value is -4.06. The molecule has 0 saturated heterocycles. The van der Waals surface area contributed by atoms with Gasteiger partial charge in [0, 0.05) is 24.3 Å². The summed E-state index contributed by atoms with van der Waals surface area (Å²) in [5.41, 5.74) is 3.83. The fourth-order valence-corrected chi connectivity index (χ4v) is 4.31. The van der Waals surface area contributed by atoms with E-state index in [0.29, 0.717) is 28.9 Å². The van der Waals surface area contributed by atoms with E-state index in [0.717, 1.165) is 37.5 Å². The third-order valence-corrected chi connectivity index (χ3v) is 6.09. The maximum Gasteiger partial charge on any atom is 0.416 e. The molecule has 0 unspecified atom stereocenters. The van der Waals surface area contributed by atoms with Gasteiger partial charge in [0.25, 0.3) is 5.91 Å². The molecule has 6 N–H and O–H groups in total. The Morgan fingerprint density at radius 1 is 1.00 bits per heavy atom. The van der Waals surface area contributed by atoms with E-state index in [9.17, 15) is 18.0 Å². The maximum atomic E-state index is 13.1. The zero-order valence-electron chi connectivity index (χ0n) is 19.6. The first-order valence-corrected chi connectivity index (χ1v) is 11.1. The standard InChI is InChI=1S/C26H22F3N5O.2H2O/c27-26(28,29)20-8-5-17(6-9-20)22-3-1-2-4-23(22)25(35)32-21-10-7-19-14-34(12-11-18(19)13-21)15-24-30-16-31-33-24;;/h1-10,13,16H,11-12,14-15H2,(H,32,35)(H,30,31,33);2*1H2. The highest BCUT2D eigenvalue weighted by atomic mass is 19.4. The molecular formula is C26H26F3N5O3. The lowest BCUT2D eigenvalue weighted by atomic mass is 9.97. The Morgan fingerprint density at radius 3 is 2.46 bits per heavy atom. The van der Waals surface area contributed by atoms with Gasteiger partial charge in [0.2, 0.25) is 0 Å². The minimum absolute atomic E-state index is 0. The summed E-state index contributed by atoms with van der Waals surface area (Å²) in [4.78, 5) is 19.6. The lowest BCUT2D eigenvalue weighted by molar-refractivity contribution is -0.137. The van der Waals surface area contributed by atoms with Crippen LogP contribution < -0.4 is 5.32 Å². The predicted molar refractivity (Wildman–Crippen MR) is 133 cm³/mol. The molecule has 0 bridgehead atoms. The number of halogens is 3. The fraction of sp³-hybridized carbons (Fsp3) is 0.192. The summed E-state index contributed by atoms with van der Waals surface area (Å²) < 4.78 is 38.8. The van der Waals surface area contributed by atoms with Crippen molar-refractivity contribution in [3.05, 3.63) is 101 Å². The summed E-state index contributed by atoms with van der Waals surface area (Å²) >= 11 is 0. The number of aromatic nitrogens is 3. The quantitative estimate of drug-likeness (QED) is 0.421. The summed E-state index contributed by atoms with van der Waals surface area (Å²) in [5.74, 6) is 0.507. The molecule has 0 aliphatic carbocycles. The van der Waals surface area contributed by atoms with Gasteiger partial charge in [-0.15, -0.1) is 0 Å². The number of fused-ring (bicyclic) bond motifs is 1. The van der Waals surface area contributed by atoms with Crippen LogP contribution in [0.3, 0.4) is 0 Å². The lowest BCUT2D eigenvalue weighted by Crippen LogP contribution is -2.30. The number of nitrogens with zero attached hydrogens (tertiary/aromatic N) is 3. The zero-order valence-corrected chi connectivity index (χ0v) is 19.6. The molecule has 0 fully saturated rings. The molecule has 4 aromatic rings. The Kier molecular flexibility index (Phi) is 8.43. The molecule has 5 rings (SSSR count). The third kappa shape index (κ3) is 6.20. The van der Waals surface area contributed by atoms with Crippen LogP contribution in [0.15, 0.2) is 73.1 Å². The number of benzene rings is 3. The number of hydrogen-bond acceptors (Lipinski definition) is 4. The molecule has 0 atom stereocenters. The van der Waals surface area contributed by atoms with Crippen molar-refractivity contribution in [3.63, 3.8) is 0 Å². The van der Waals surface area contributed by atoms with Crippen molar-refractivity contribution in [2.45, 2.75) is 25.7 Å². The van der Waals surface area contributed by atoms with Gasteiger partial charge in [-0.05, 0) is 59.0 Å². The highest BCUT2D eigenvalue weighted by Crippen LogP contribution is 2.32. The van der Waals surface area contributed by atoms with E-state index in [1.807, 2.05) is 18.2 Å². The van der Waals surface area contributed by atoms with Gasteiger partial charge in [-0.1, -0.05) is 36.4 Å². The third-order valence-electron chi connectivity index (χ3n) is 6.09. The molecule has 2 heterocycles. The summed E-state index contributed by atoms with van der Waals surface area (Å²) in [7, 11) is 0. The second kappa shape index (κ2) is 11.3. The number of alkyl halides is 3. The molecular weight excluding hydrogens is 487 g/mol. The first kappa shape index (κ1) is 27.5. The van der Waals surface area contributed by atoms with Crippen molar-refractivity contribution in [3.8, 4) is 11.1 Å². The van der Waals surface area contributed by atoms with Gasteiger partial charge in [0.05, 0.1) is 12.1 Å². The van der Waals surface area contributed by atoms with Crippen molar-refractivity contribution in [1.29, 1.82) is 0 Å². The molecule has 3 aromatic carbocycles. The Bertz CT molecular complexity index is 1340. The van der Waals surface area contributed by atoms with Gasteiger partial charge in [-0.25, -0.2) is 4.98 Å². The minimum Gasteiger partial charge on any atom is -0.412 e. The van der Waals surface area contributed by atoms with Crippen molar-refractivity contribution >= 4 is 11.6 Å². The van der Waals surface area contributed by atoms with Gasteiger partial charge in [-0.2, -0.15) is 18.3 Å². The van der Waals surface area contributed by atoms with E-state index >= 15 is 0 Å². The first-order valence-electron chi connectivity index (χ1n) is 11.1. The number of amides is 1. The molecule has 194 valence electrons. The van der Waals surface area contributed by atoms with E-state index in [2.05, 4.69) is 25.4 Å². The number of carbonyl (C=O) groups excluding carboxylic acids is 1. The summed E-state index contributed by atoms with van der Waals surface area (Å²) in [6.45, 7) is 2.33. The molecule has 1 aliphatic heterocycles. The van der Waals surface area contributed by atoms with Crippen molar-refractivity contribution < 1.29 is 28.9 Å². The second-order valence-electron chi connectivity index (χ2n) is 8.45.